The molecule has 3 aromatic carbocycles. The number of hydrogen-bond acceptors (Lipinski definition) is 9. The molecule has 0 radical (unpaired) electrons. The highest BCUT2D eigenvalue weighted by Gasteiger charge is 2.36. The molecule has 0 spiro atoms. The maximum atomic E-state index is 12.5. The molecule has 1 aliphatic carbocycles. The van der Waals surface area contributed by atoms with Gasteiger partial charge in [0, 0.05) is 39.9 Å². The van der Waals surface area contributed by atoms with E-state index in [1.807, 2.05) is 24.3 Å². The number of benzene rings is 3. The number of pyridine rings is 4. The Bertz CT molecular complexity index is 2810. The number of para-hydroxylation sites is 2. The number of aromatic nitrogens is 4. The van der Waals surface area contributed by atoms with Gasteiger partial charge in [-0.15, -0.1) is 0 Å². The molecule has 0 saturated heterocycles. The predicted molar refractivity (Wildman–Crippen MR) is 243 cm³/mol. The lowest BCUT2D eigenvalue weighted by atomic mass is 9.79. The van der Waals surface area contributed by atoms with Crippen LogP contribution in [0.15, 0.2) is 126 Å². The minimum absolute atomic E-state index is 0.0321. The highest BCUT2D eigenvalue weighted by atomic mass is 79.9. The largest absolute Gasteiger partial charge is 0.490 e. The topological polar surface area (TPSA) is 170 Å². The standard InChI is InChI=1S/C13H8F3N.C12H8ClF3N2.C6H8BNO2.C6H2BrClF3N.C6H4ClF3N2/c14-13(15,16)12-6-5-10-9-4-2-1-3-8(9)7-11(10)17-12;13-11-8(7-3-1-2-4-9(7)17)5-6-10(18-11)12(14,15)16;8-6-4-2-1-3-5(6)7(9)10;7-3-1-2-4(6(9,10)11)12-5(3)8;7-5-3(11)1-2-4(12-5)6(8,9)10/h1-6H,7H2;1-6H,17H2;1-4,9-10H,8H2;1-2H;1-2H,11H2. The average molecular weight is 1100 g/mol. The van der Waals surface area contributed by atoms with Gasteiger partial charge in [-0.2, -0.15) is 52.7 Å². The van der Waals surface area contributed by atoms with Gasteiger partial charge in [-0.05, 0) is 81.7 Å². The van der Waals surface area contributed by atoms with Gasteiger partial charge in [-0.1, -0.05) is 102 Å². The Morgan fingerprint density at radius 1 is 0.435 bits per heavy atom. The molecule has 26 heteroatoms. The molecule has 8 rings (SSSR count). The first-order chi connectivity index (χ1) is 32.0. The zero-order chi connectivity index (χ0) is 51.6. The van der Waals surface area contributed by atoms with E-state index in [0.717, 1.165) is 47.0 Å². The molecule has 69 heavy (non-hydrogen) atoms. The van der Waals surface area contributed by atoms with Gasteiger partial charge in [-0.3, -0.25) is 0 Å². The van der Waals surface area contributed by atoms with Gasteiger partial charge in [0.05, 0.1) is 15.9 Å². The number of halogens is 16. The number of fused-ring (bicyclic) bond motifs is 3. The van der Waals surface area contributed by atoms with Crippen molar-refractivity contribution in [1.82, 2.24) is 19.9 Å². The van der Waals surface area contributed by atoms with Gasteiger partial charge < -0.3 is 27.2 Å². The molecule has 9 nitrogen and oxygen atoms in total. The molecule has 4 heterocycles. The second-order valence-corrected chi connectivity index (χ2v) is 15.6. The third kappa shape index (κ3) is 15.8. The molecule has 0 amide bonds. The van der Waals surface area contributed by atoms with Crippen LogP contribution in [-0.4, -0.2) is 37.1 Å². The Hall–Kier alpha value is -5.85. The number of nitrogens with two attached hydrogens (primary N) is 3. The van der Waals surface area contributed by atoms with Gasteiger partial charge in [-0.25, -0.2) is 19.9 Å². The van der Waals surface area contributed by atoms with Crippen LogP contribution in [-0.2, 0) is 31.1 Å². The third-order valence-corrected chi connectivity index (χ3v) is 10.6. The van der Waals surface area contributed by atoms with Crippen LogP contribution >= 0.6 is 50.7 Å². The molecule has 0 bridgehead atoms. The summed E-state index contributed by atoms with van der Waals surface area (Å²) >= 11 is 19.4. The van der Waals surface area contributed by atoms with Crippen molar-refractivity contribution in [1.29, 1.82) is 0 Å². The van der Waals surface area contributed by atoms with Crippen LogP contribution in [0.4, 0.5) is 69.7 Å². The quantitative estimate of drug-likeness (QED) is 0.0489. The van der Waals surface area contributed by atoms with E-state index in [1.165, 1.54) is 18.2 Å². The highest BCUT2D eigenvalue weighted by Crippen LogP contribution is 2.39. The smallest absolute Gasteiger partial charge is 0.423 e. The summed E-state index contributed by atoms with van der Waals surface area (Å²) in [5.41, 5.74) is 17.9. The van der Waals surface area contributed by atoms with Crippen molar-refractivity contribution in [2.24, 2.45) is 0 Å². The molecule has 0 unspecified atom stereocenters. The Morgan fingerprint density at radius 2 is 0.855 bits per heavy atom. The molecule has 4 aromatic heterocycles. The van der Waals surface area contributed by atoms with Gasteiger partial charge in [0.2, 0.25) is 0 Å². The molecular weight excluding hydrogens is 1070 g/mol. The molecule has 0 atom stereocenters. The first-order valence-corrected chi connectivity index (χ1v) is 20.7. The van der Waals surface area contributed by atoms with Crippen LogP contribution in [0.2, 0.25) is 15.5 Å². The lowest BCUT2D eigenvalue weighted by molar-refractivity contribution is -0.142. The van der Waals surface area contributed by atoms with Gasteiger partial charge in [0.25, 0.3) is 0 Å². The summed E-state index contributed by atoms with van der Waals surface area (Å²) in [6.07, 6.45) is -17.3. The van der Waals surface area contributed by atoms with Crippen molar-refractivity contribution >= 4 is 80.4 Å². The molecule has 8 N–H and O–H groups in total. The van der Waals surface area contributed by atoms with Crippen molar-refractivity contribution in [3.8, 4) is 22.3 Å². The number of anilines is 3. The van der Waals surface area contributed by atoms with Crippen molar-refractivity contribution < 1.29 is 62.7 Å². The molecule has 1 aliphatic rings. The van der Waals surface area contributed by atoms with Crippen LogP contribution < -0.4 is 22.7 Å². The summed E-state index contributed by atoms with van der Waals surface area (Å²) in [7, 11) is -1.47. The average Bonchev–Trinajstić information content (AvgIpc) is 3.64. The van der Waals surface area contributed by atoms with Gasteiger partial charge in [0.1, 0.15) is 33.1 Å². The fraction of sp³-hybridized carbons (Fsp3) is 0.116. The molecule has 0 fully saturated rings. The normalized spacial score (nSPS) is 11.7. The molecule has 0 aliphatic heterocycles. The summed E-state index contributed by atoms with van der Waals surface area (Å²) < 4.78 is 147. The fourth-order valence-corrected chi connectivity index (χ4v) is 6.40. The lowest BCUT2D eigenvalue weighted by Gasteiger charge is -2.10. The zero-order valence-corrected chi connectivity index (χ0v) is 38.1. The number of nitrogen functional groups attached to an aromatic ring is 3. The number of alkyl halides is 12. The third-order valence-electron chi connectivity index (χ3n) is 8.86. The molecule has 364 valence electrons. The minimum Gasteiger partial charge on any atom is -0.423 e. The van der Waals surface area contributed by atoms with Crippen LogP contribution in [0.1, 0.15) is 34.0 Å². The van der Waals surface area contributed by atoms with Crippen LogP contribution in [0, 0.1) is 0 Å². The first-order valence-electron chi connectivity index (χ1n) is 18.8. The predicted octanol–water partition coefficient (Wildman–Crippen LogP) is 12.5. The second kappa shape index (κ2) is 23.2. The number of rotatable bonds is 2. The Labute approximate surface area is 407 Å². The molecule has 7 aromatic rings. The maximum Gasteiger partial charge on any atom is 0.490 e. The van der Waals surface area contributed by atoms with Gasteiger partial charge >= 0.3 is 31.8 Å². The first kappa shape index (κ1) is 55.7. The van der Waals surface area contributed by atoms with E-state index < -0.39 is 54.6 Å². The summed E-state index contributed by atoms with van der Waals surface area (Å²) in [5.74, 6) is 0. The minimum atomic E-state index is -4.51. The fourth-order valence-electron chi connectivity index (χ4n) is 5.62. The Morgan fingerprint density at radius 3 is 1.32 bits per heavy atom. The van der Waals surface area contributed by atoms with Crippen LogP contribution in [0.25, 0.3) is 22.3 Å². The van der Waals surface area contributed by atoms with Crippen LogP contribution in [0.3, 0.4) is 0 Å². The summed E-state index contributed by atoms with van der Waals surface area (Å²) in [6, 6.07) is 29.6. The van der Waals surface area contributed by atoms with E-state index in [-0.39, 0.29) is 21.1 Å². The Kier molecular flexibility index (Phi) is 18.7. The van der Waals surface area contributed by atoms with Crippen molar-refractivity contribution in [2.75, 3.05) is 17.2 Å². The van der Waals surface area contributed by atoms with Crippen molar-refractivity contribution in [3.63, 3.8) is 0 Å². The van der Waals surface area contributed by atoms with Crippen LogP contribution in [0.5, 0.6) is 0 Å². The highest BCUT2D eigenvalue weighted by molar-refractivity contribution is 9.10. The second-order valence-electron chi connectivity index (χ2n) is 13.7. The van der Waals surface area contributed by atoms with Crippen molar-refractivity contribution in [2.45, 2.75) is 31.1 Å². The van der Waals surface area contributed by atoms with E-state index in [0.29, 0.717) is 44.6 Å². The van der Waals surface area contributed by atoms with E-state index in [9.17, 15) is 52.7 Å². The Balaban J connectivity index is 0.000000191. The number of hydrogen-bond donors (Lipinski definition) is 5. The maximum absolute atomic E-state index is 12.5. The lowest BCUT2D eigenvalue weighted by Crippen LogP contribution is -2.31. The SMILES string of the molecule is FC(F)(F)c1ccc(Br)c(Cl)n1.FC(F)(F)c1ccc2c(n1)Cc1ccccc1-2.Nc1ccc(C(F)(F)F)nc1Cl.Nc1ccccc1-c1ccc(C(F)(F)F)nc1Cl.Nc1ccccc1B(O)O. The zero-order valence-electron chi connectivity index (χ0n) is 34.3. The van der Waals surface area contributed by atoms with E-state index in [2.05, 4.69) is 35.9 Å². The molecule has 0 saturated carbocycles. The summed E-state index contributed by atoms with van der Waals surface area (Å²) in [5, 5.41) is 16.6. The van der Waals surface area contributed by atoms with Gasteiger partial charge in [0.15, 0.2) is 5.15 Å². The molecular formula is C43H30BBrCl3F12N7O2. The summed E-state index contributed by atoms with van der Waals surface area (Å²) in [4.78, 5) is 13.3. The van der Waals surface area contributed by atoms with Crippen molar-refractivity contribution in [3.05, 3.63) is 175 Å². The van der Waals surface area contributed by atoms with E-state index in [1.54, 1.807) is 48.5 Å². The monoisotopic (exact) mass is 1100 g/mol. The van der Waals surface area contributed by atoms with E-state index >= 15 is 0 Å². The number of nitrogens with zero attached hydrogens (tertiary/aromatic N) is 4. The summed E-state index contributed by atoms with van der Waals surface area (Å²) in [6.45, 7) is 0. The van der Waals surface area contributed by atoms with E-state index in [4.69, 9.17) is 62.1 Å².